The molecule has 3 nitrogen and oxygen atoms in total. The predicted molar refractivity (Wildman–Crippen MR) is 164 cm³/mol. The zero-order valence-electron chi connectivity index (χ0n) is 20.9. The van der Waals surface area contributed by atoms with Crippen molar-refractivity contribution in [3.8, 4) is 34.2 Å². The van der Waals surface area contributed by atoms with Gasteiger partial charge in [0.2, 0.25) is 0 Å². The zero-order valence-corrected chi connectivity index (χ0v) is 21.7. The van der Waals surface area contributed by atoms with Crippen molar-refractivity contribution in [2.24, 2.45) is 0 Å². The van der Waals surface area contributed by atoms with Gasteiger partial charge in [0, 0.05) is 36.9 Å². The SMILES string of the molecule is c1ccc(-c2nc(-c3ccccc3)nc(-c3ccc4ccc5ccc6sc7ccccc7c6c5c4c3)n2)cc1. The van der Waals surface area contributed by atoms with Crippen molar-refractivity contribution in [3.63, 3.8) is 0 Å². The summed E-state index contributed by atoms with van der Waals surface area (Å²) in [4.78, 5) is 14.8. The van der Waals surface area contributed by atoms with E-state index >= 15 is 0 Å². The van der Waals surface area contributed by atoms with Crippen molar-refractivity contribution >= 4 is 53.1 Å². The van der Waals surface area contributed by atoms with Crippen LogP contribution in [0.3, 0.4) is 0 Å². The van der Waals surface area contributed by atoms with E-state index in [0.717, 1.165) is 16.7 Å². The molecule has 2 heterocycles. The molecular weight excluding hydrogens is 494 g/mol. The van der Waals surface area contributed by atoms with Crippen LogP contribution in [0.5, 0.6) is 0 Å². The molecule has 0 unspecified atom stereocenters. The summed E-state index contributed by atoms with van der Waals surface area (Å²) in [5.74, 6) is 2.01. The fourth-order valence-corrected chi connectivity index (χ4v) is 6.55. The Morgan fingerprint density at radius 1 is 0.385 bits per heavy atom. The summed E-state index contributed by atoms with van der Waals surface area (Å²) in [6.07, 6.45) is 0. The lowest BCUT2D eigenvalue weighted by Gasteiger charge is -2.11. The van der Waals surface area contributed by atoms with E-state index in [1.807, 2.05) is 72.0 Å². The molecule has 0 aliphatic heterocycles. The molecule has 0 aliphatic carbocycles. The molecule has 8 aromatic rings. The lowest BCUT2D eigenvalue weighted by molar-refractivity contribution is 1.07. The lowest BCUT2D eigenvalue weighted by Crippen LogP contribution is -2.00. The molecule has 0 saturated carbocycles. The van der Waals surface area contributed by atoms with Crippen LogP contribution >= 0.6 is 11.3 Å². The van der Waals surface area contributed by atoms with Crippen LogP contribution < -0.4 is 0 Å². The zero-order chi connectivity index (χ0) is 25.8. The second-order valence-corrected chi connectivity index (χ2v) is 10.8. The minimum Gasteiger partial charge on any atom is -0.208 e. The van der Waals surface area contributed by atoms with Crippen molar-refractivity contribution in [1.82, 2.24) is 15.0 Å². The second kappa shape index (κ2) is 8.83. The maximum atomic E-state index is 4.97. The second-order valence-electron chi connectivity index (χ2n) is 9.67. The topological polar surface area (TPSA) is 38.7 Å². The minimum absolute atomic E-state index is 0.670. The Kier molecular flexibility index (Phi) is 5.00. The number of benzene rings is 6. The Labute approximate surface area is 229 Å². The molecule has 0 spiro atoms. The molecule has 2 aromatic heterocycles. The van der Waals surface area contributed by atoms with Gasteiger partial charge in [-0.1, -0.05) is 109 Å². The fraction of sp³-hybridized carbons (Fsp3) is 0. The van der Waals surface area contributed by atoms with E-state index in [-0.39, 0.29) is 0 Å². The third-order valence-electron chi connectivity index (χ3n) is 7.30. The van der Waals surface area contributed by atoms with Crippen molar-refractivity contribution in [1.29, 1.82) is 0 Å². The Morgan fingerprint density at radius 3 is 1.67 bits per heavy atom. The first-order valence-electron chi connectivity index (χ1n) is 13.0. The van der Waals surface area contributed by atoms with Crippen molar-refractivity contribution in [2.75, 3.05) is 0 Å². The molecule has 0 amide bonds. The van der Waals surface area contributed by atoms with Crippen LogP contribution in [-0.4, -0.2) is 15.0 Å². The fourth-order valence-electron chi connectivity index (χ4n) is 5.44. The highest BCUT2D eigenvalue weighted by Gasteiger charge is 2.15. The summed E-state index contributed by atoms with van der Waals surface area (Å²) in [6.45, 7) is 0. The van der Waals surface area contributed by atoms with Gasteiger partial charge < -0.3 is 0 Å². The monoisotopic (exact) mass is 515 g/mol. The highest BCUT2D eigenvalue weighted by Crippen LogP contribution is 2.41. The first-order valence-corrected chi connectivity index (χ1v) is 13.8. The molecule has 6 aromatic carbocycles. The molecule has 182 valence electrons. The van der Waals surface area contributed by atoms with E-state index in [0.29, 0.717) is 17.5 Å². The average Bonchev–Trinajstić information content (AvgIpc) is 3.40. The van der Waals surface area contributed by atoms with Gasteiger partial charge in [-0.15, -0.1) is 11.3 Å². The van der Waals surface area contributed by atoms with Crippen LogP contribution in [0.1, 0.15) is 0 Å². The first-order chi connectivity index (χ1) is 19.3. The van der Waals surface area contributed by atoms with Gasteiger partial charge in [-0.05, 0) is 39.7 Å². The van der Waals surface area contributed by atoms with Gasteiger partial charge >= 0.3 is 0 Å². The number of hydrogen-bond acceptors (Lipinski definition) is 4. The molecule has 0 saturated heterocycles. The van der Waals surface area contributed by atoms with Crippen LogP contribution in [0.4, 0.5) is 0 Å². The van der Waals surface area contributed by atoms with E-state index < -0.39 is 0 Å². The van der Waals surface area contributed by atoms with Crippen molar-refractivity contribution < 1.29 is 0 Å². The van der Waals surface area contributed by atoms with Crippen LogP contribution in [0.15, 0.2) is 127 Å². The van der Waals surface area contributed by atoms with Crippen LogP contribution in [0.25, 0.3) is 75.9 Å². The highest BCUT2D eigenvalue weighted by molar-refractivity contribution is 7.26. The number of aromatic nitrogens is 3. The smallest absolute Gasteiger partial charge is 0.164 e. The van der Waals surface area contributed by atoms with Crippen LogP contribution in [0.2, 0.25) is 0 Å². The number of fused-ring (bicyclic) bond motifs is 7. The van der Waals surface area contributed by atoms with Crippen molar-refractivity contribution in [3.05, 3.63) is 127 Å². The third-order valence-corrected chi connectivity index (χ3v) is 8.43. The van der Waals surface area contributed by atoms with E-state index in [4.69, 9.17) is 15.0 Å². The van der Waals surface area contributed by atoms with Crippen molar-refractivity contribution in [2.45, 2.75) is 0 Å². The maximum Gasteiger partial charge on any atom is 0.164 e. The van der Waals surface area contributed by atoms with E-state index in [1.54, 1.807) is 0 Å². The number of thiophene rings is 1. The van der Waals surface area contributed by atoms with Gasteiger partial charge in [0.05, 0.1) is 0 Å². The lowest BCUT2D eigenvalue weighted by atomic mass is 9.96. The standard InChI is InChI=1S/C35H21N3S/c1-3-9-24(10-4-1)33-36-34(25-11-5-2-6-12-25)38-35(37-33)26-18-16-22-15-17-23-19-20-30-32(31(23)28(22)21-26)27-13-7-8-14-29(27)39-30/h1-21H. The summed E-state index contributed by atoms with van der Waals surface area (Å²) >= 11 is 1.85. The summed E-state index contributed by atoms with van der Waals surface area (Å²) in [7, 11) is 0. The molecular formula is C35H21N3S. The summed E-state index contributed by atoms with van der Waals surface area (Å²) in [6, 6.07) is 44.4. The summed E-state index contributed by atoms with van der Waals surface area (Å²) in [5, 5.41) is 7.56. The van der Waals surface area contributed by atoms with Gasteiger partial charge in [-0.2, -0.15) is 0 Å². The Morgan fingerprint density at radius 2 is 0.949 bits per heavy atom. The molecule has 39 heavy (non-hydrogen) atoms. The molecule has 0 bridgehead atoms. The molecule has 4 heteroatoms. The minimum atomic E-state index is 0.670. The molecule has 0 N–H and O–H groups in total. The molecule has 0 aliphatic rings. The summed E-state index contributed by atoms with van der Waals surface area (Å²) in [5.41, 5.74) is 2.91. The number of rotatable bonds is 3. The predicted octanol–water partition coefficient (Wildman–Crippen LogP) is 9.55. The van der Waals surface area contributed by atoms with E-state index in [2.05, 4.69) is 66.7 Å². The normalized spacial score (nSPS) is 11.6. The Hall–Kier alpha value is -4.93. The number of hydrogen-bond donors (Lipinski definition) is 0. The van der Waals surface area contributed by atoms with Gasteiger partial charge in [-0.25, -0.2) is 15.0 Å². The molecule has 0 atom stereocenters. The first kappa shape index (κ1) is 22.1. The number of nitrogens with zero attached hydrogens (tertiary/aromatic N) is 3. The van der Waals surface area contributed by atoms with E-state index in [9.17, 15) is 0 Å². The van der Waals surface area contributed by atoms with E-state index in [1.165, 1.54) is 41.7 Å². The van der Waals surface area contributed by atoms with Gasteiger partial charge in [-0.3, -0.25) is 0 Å². The molecule has 8 rings (SSSR count). The van der Waals surface area contributed by atoms with Crippen LogP contribution in [0, 0.1) is 0 Å². The van der Waals surface area contributed by atoms with Gasteiger partial charge in [0.1, 0.15) is 0 Å². The maximum absolute atomic E-state index is 4.97. The highest BCUT2D eigenvalue weighted by atomic mass is 32.1. The third kappa shape index (κ3) is 3.69. The molecule has 0 radical (unpaired) electrons. The Balaban J connectivity index is 1.42. The van der Waals surface area contributed by atoms with Crippen LogP contribution in [-0.2, 0) is 0 Å². The summed E-state index contributed by atoms with van der Waals surface area (Å²) < 4.78 is 2.62. The quantitative estimate of drug-likeness (QED) is 0.220. The molecule has 0 fully saturated rings. The largest absolute Gasteiger partial charge is 0.208 e. The van der Waals surface area contributed by atoms with Gasteiger partial charge in [0.25, 0.3) is 0 Å². The Bertz CT molecular complexity index is 2110. The van der Waals surface area contributed by atoms with Gasteiger partial charge in [0.15, 0.2) is 17.5 Å². The average molecular weight is 516 g/mol.